The number of rotatable bonds is 6. The third-order valence-electron chi connectivity index (χ3n) is 3.40. The van der Waals surface area contributed by atoms with Gasteiger partial charge in [0.05, 0.1) is 25.9 Å². The van der Waals surface area contributed by atoms with Gasteiger partial charge in [-0.2, -0.15) is 0 Å². The first-order valence-electron chi connectivity index (χ1n) is 7.05. The van der Waals surface area contributed by atoms with E-state index >= 15 is 0 Å². The van der Waals surface area contributed by atoms with E-state index in [9.17, 15) is 9.90 Å². The average molecular weight is 278 g/mol. The minimum absolute atomic E-state index is 0.00663. The van der Waals surface area contributed by atoms with Crippen LogP contribution in [0.15, 0.2) is 30.3 Å². The van der Waals surface area contributed by atoms with Gasteiger partial charge < -0.3 is 15.2 Å². The van der Waals surface area contributed by atoms with Crippen molar-refractivity contribution in [3.63, 3.8) is 0 Å². The number of morpholine rings is 1. The van der Waals surface area contributed by atoms with E-state index in [4.69, 9.17) is 4.74 Å². The van der Waals surface area contributed by atoms with Gasteiger partial charge in [0.25, 0.3) is 0 Å². The van der Waals surface area contributed by atoms with E-state index in [0.717, 1.165) is 18.7 Å². The van der Waals surface area contributed by atoms with Crippen molar-refractivity contribution in [1.82, 2.24) is 10.2 Å². The van der Waals surface area contributed by atoms with Crippen molar-refractivity contribution in [2.75, 3.05) is 39.4 Å². The first-order valence-corrected chi connectivity index (χ1v) is 7.05. The molecule has 1 saturated heterocycles. The quantitative estimate of drug-likeness (QED) is 0.798. The van der Waals surface area contributed by atoms with Crippen molar-refractivity contribution in [2.45, 2.75) is 12.5 Å². The number of nitrogens with zero attached hydrogens (tertiary/aromatic N) is 1. The fraction of sp³-hybridized carbons (Fsp3) is 0.533. The highest BCUT2D eigenvalue weighted by Gasteiger charge is 2.14. The zero-order chi connectivity index (χ0) is 14.2. The Morgan fingerprint density at radius 3 is 2.70 bits per heavy atom. The summed E-state index contributed by atoms with van der Waals surface area (Å²) in [4.78, 5) is 13.8. The summed E-state index contributed by atoms with van der Waals surface area (Å²) in [5.74, 6) is 0.00663. The van der Waals surface area contributed by atoms with Gasteiger partial charge in [0.15, 0.2) is 0 Å². The van der Waals surface area contributed by atoms with E-state index in [1.807, 2.05) is 30.3 Å². The van der Waals surface area contributed by atoms with Crippen LogP contribution in [0.3, 0.4) is 0 Å². The molecule has 0 radical (unpaired) electrons. The SMILES string of the molecule is O=C(CN1CCOCC1)NCCC(O)c1ccccc1. The maximum atomic E-state index is 11.8. The average Bonchev–Trinajstić information content (AvgIpc) is 2.49. The fourth-order valence-electron chi connectivity index (χ4n) is 2.21. The largest absolute Gasteiger partial charge is 0.388 e. The van der Waals surface area contributed by atoms with Crippen LogP contribution >= 0.6 is 0 Å². The molecule has 5 heteroatoms. The number of hydrogen-bond donors (Lipinski definition) is 2. The number of aliphatic hydroxyl groups is 1. The molecule has 110 valence electrons. The second-order valence-corrected chi connectivity index (χ2v) is 4.95. The van der Waals surface area contributed by atoms with Crippen LogP contribution in [0.2, 0.25) is 0 Å². The normalized spacial score (nSPS) is 17.6. The minimum atomic E-state index is -0.528. The van der Waals surface area contributed by atoms with Gasteiger partial charge in [-0.05, 0) is 12.0 Å². The summed E-state index contributed by atoms with van der Waals surface area (Å²) < 4.78 is 5.24. The maximum Gasteiger partial charge on any atom is 0.234 e. The lowest BCUT2D eigenvalue weighted by Crippen LogP contribution is -2.43. The highest BCUT2D eigenvalue weighted by atomic mass is 16.5. The molecular formula is C15H22N2O3. The molecular weight excluding hydrogens is 256 g/mol. The third-order valence-corrected chi connectivity index (χ3v) is 3.40. The molecule has 0 bridgehead atoms. The predicted octanol–water partition coefficient (Wildman–Crippen LogP) is 0.559. The van der Waals surface area contributed by atoms with Crippen LogP contribution in [0.5, 0.6) is 0 Å². The number of carbonyl (C=O) groups excluding carboxylic acids is 1. The molecule has 1 amide bonds. The second-order valence-electron chi connectivity index (χ2n) is 4.95. The summed E-state index contributed by atoms with van der Waals surface area (Å²) in [5.41, 5.74) is 0.884. The van der Waals surface area contributed by atoms with Crippen molar-refractivity contribution in [3.05, 3.63) is 35.9 Å². The summed E-state index contributed by atoms with van der Waals surface area (Å²) in [5, 5.41) is 12.8. The Morgan fingerprint density at radius 2 is 2.00 bits per heavy atom. The number of benzene rings is 1. The Hall–Kier alpha value is -1.43. The van der Waals surface area contributed by atoms with Crippen molar-refractivity contribution >= 4 is 5.91 Å². The van der Waals surface area contributed by atoms with Crippen molar-refractivity contribution in [2.24, 2.45) is 0 Å². The molecule has 20 heavy (non-hydrogen) atoms. The smallest absolute Gasteiger partial charge is 0.234 e. The molecule has 1 atom stereocenters. The van der Waals surface area contributed by atoms with Crippen molar-refractivity contribution in [3.8, 4) is 0 Å². The van der Waals surface area contributed by atoms with Crippen LogP contribution in [0.1, 0.15) is 18.1 Å². The Labute approximate surface area is 119 Å². The van der Waals surface area contributed by atoms with Gasteiger partial charge in [-0.1, -0.05) is 30.3 Å². The van der Waals surface area contributed by atoms with E-state index in [2.05, 4.69) is 10.2 Å². The summed E-state index contributed by atoms with van der Waals surface area (Å²) in [7, 11) is 0. The molecule has 0 spiro atoms. The fourth-order valence-corrected chi connectivity index (χ4v) is 2.21. The second kappa shape index (κ2) is 7.99. The van der Waals surface area contributed by atoms with E-state index in [-0.39, 0.29) is 5.91 Å². The van der Waals surface area contributed by atoms with Gasteiger partial charge >= 0.3 is 0 Å². The molecule has 0 saturated carbocycles. The molecule has 1 unspecified atom stereocenters. The standard InChI is InChI=1S/C15H22N2O3/c18-14(13-4-2-1-3-5-13)6-7-16-15(19)12-17-8-10-20-11-9-17/h1-5,14,18H,6-12H2,(H,16,19). The highest BCUT2D eigenvalue weighted by molar-refractivity contribution is 5.77. The Morgan fingerprint density at radius 1 is 1.30 bits per heavy atom. The molecule has 2 N–H and O–H groups in total. The van der Waals surface area contributed by atoms with E-state index < -0.39 is 6.10 Å². The van der Waals surface area contributed by atoms with Gasteiger partial charge in [-0.3, -0.25) is 9.69 Å². The number of hydrogen-bond acceptors (Lipinski definition) is 4. The molecule has 1 heterocycles. The summed E-state index contributed by atoms with van der Waals surface area (Å²) in [6.07, 6.45) is -0.00123. The number of ether oxygens (including phenoxy) is 1. The van der Waals surface area contributed by atoms with Crippen molar-refractivity contribution in [1.29, 1.82) is 0 Å². The Bertz CT molecular complexity index is 405. The van der Waals surface area contributed by atoms with E-state index in [0.29, 0.717) is 32.7 Å². The van der Waals surface area contributed by atoms with Crippen LogP contribution in [0.4, 0.5) is 0 Å². The summed E-state index contributed by atoms with van der Waals surface area (Å²) in [6.45, 7) is 3.89. The van der Waals surface area contributed by atoms with Gasteiger partial charge in [0.2, 0.25) is 5.91 Å². The summed E-state index contributed by atoms with van der Waals surface area (Å²) in [6, 6.07) is 9.49. The van der Waals surface area contributed by atoms with Crippen molar-refractivity contribution < 1.29 is 14.6 Å². The Kier molecular flexibility index (Phi) is 5.98. The Balaban J connectivity index is 1.63. The number of nitrogens with one attached hydrogen (secondary N) is 1. The molecule has 2 rings (SSSR count). The monoisotopic (exact) mass is 278 g/mol. The lowest BCUT2D eigenvalue weighted by atomic mass is 10.1. The van der Waals surface area contributed by atoms with Gasteiger partial charge in [-0.25, -0.2) is 0 Å². The zero-order valence-electron chi connectivity index (χ0n) is 11.6. The number of aliphatic hydroxyl groups excluding tert-OH is 1. The topological polar surface area (TPSA) is 61.8 Å². The van der Waals surface area contributed by atoms with Gasteiger partial charge in [-0.15, -0.1) is 0 Å². The zero-order valence-corrected chi connectivity index (χ0v) is 11.6. The highest BCUT2D eigenvalue weighted by Crippen LogP contribution is 2.14. The lowest BCUT2D eigenvalue weighted by molar-refractivity contribution is -0.123. The molecule has 1 aromatic rings. The summed E-state index contributed by atoms with van der Waals surface area (Å²) >= 11 is 0. The van der Waals surface area contributed by atoms with Gasteiger partial charge in [0, 0.05) is 19.6 Å². The molecule has 5 nitrogen and oxygen atoms in total. The van der Waals surface area contributed by atoms with Crippen LogP contribution in [-0.2, 0) is 9.53 Å². The minimum Gasteiger partial charge on any atom is -0.388 e. The first kappa shape index (κ1) is 15.0. The van der Waals surface area contributed by atoms with E-state index in [1.165, 1.54) is 0 Å². The van der Waals surface area contributed by atoms with Crippen LogP contribution in [0, 0.1) is 0 Å². The first-order chi connectivity index (χ1) is 9.75. The van der Waals surface area contributed by atoms with E-state index in [1.54, 1.807) is 0 Å². The predicted molar refractivity (Wildman–Crippen MR) is 76.3 cm³/mol. The third kappa shape index (κ3) is 4.92. The number of carbonyl (C=O) groups is 1. The molecule has 0 aromatic heterocycles. The molecule has 1 aromatic carbocycles. The van der Waals surface area contributed by atoms with Crippen LogP contribution in [-0.4, -0.2) is 55.3 Å². The lowest BCUT2D eigenvalue weighted by Gasteiger charge is -2.25. The molecule has 1 fully saturated rings. The maximum absolute atomic E-state index is 11.8. The molecule has 0 aliphatic carbocycles. The van der Waals surface area contributed by atoms with Crippen LogP contribution < -0.4 is 5.32 Å². The molecule has 1 aliphatic rings. The van der Waals surface area contributed by atoms with Gasteiger partial charge in [0.1, 0.15) is 0 Å². The number of amides is 1. The van der Waals surface area contributed by atoms with Crippen LogP contribution in [0.25, 0.3) is 0 Å². The molecule has 1 aliphatic heterocycles.